The smallest absolute Gasteiger partial charge is 0.363 e. The average Bonchev–Trinajstić information content (AvgIpc) is 2.68. The summed E-state index contributed by atoms with van der Waals surface area (Å²) in [7, 11) is -0.735. The minimum Gasteiger partial charge on any atom is -0.363 e. The Morgan fingerprint density at radius 1 is 0.935 bits per heavy atom. The highest BCUT2D eigenvalue weighted by Gasteiger charge is 2.36. The van der Waals surface area contributed by atoms with Crippen LogP contribution in [0.4, 0.5) is 36.2 Å². The molecule has 0 saturated carbocycles. The Bertz CT molecular complexity index is 1180. The molecule has 1 heterocycles. The van der Waals surface area contributed by atoms with Gasteiger partial charge in [-0.3, -0.25) is 4.72 Å². The van der Waals surface area contributed by atoms with Gasteiger partial charge < -0.3 is 10.2 Å². The Kier molecular flexibility index (Phi) is 6.07. The maximum Gasteiger partial charge on any atom is 0.417 e. The van der Waals surface area contributed by atoms with Gasteiger partial charge in [0.1, 0.15) is 17.5 Å². The standard InChI is InChI=1S/C20H20F3N5O2S/c1-13-24-18(12-19(25-13)28(2)3)26-14-8-10-15(11-9-14)27-31(29,30)17-7-5-4-6-16(17)20(21,22)23/h4-12,27H,1-3H3,(H,24,25,26). The second-order valence-electron chi connectivity index (χ2n) is 6.85. The van der Waals surface area contributed by atoms with E-state index in [1.54, 1.807) is 25.1 Å². The summed E-state index contributed by atoms with van der Waals surface area (Å²) in [6, 6.07) is 11.8. The van der Waals surface area contributed by atoms with Crippen LogP contribution in [0.1, 0.15) is 11.4 Å². The van der Waals surface area contributed by atoms with Crippen molar-refractivity contribution >= 4 is 33.0 Å². The molecule has 3 aromatic rings. The van der Waals surface area contributed by atoms with Crippen LogP contribution in [0.3, 0.4) is 0 Å². The Morgan fingerprint density at radius 2 is 1.55 bits per heavy atom. The molecular weight excluding hydrogens is 431 g/mol. The van der Waals surface area contributed by atoms with Crippen LogP contribution < -0.4 is 14.9 Å². The van der Waals surface area contributed by atoms with E-state index in [0.29, 0.717) is 23.1 Å². The molecule has 0 radical (unpaired) electrons. The van der Waals surface area contributed by atoms with E-state index >= 15 is 0 Å². The molecule has 0 unspecified atom stereocenters. The predicted octanol–water partition coefficient (Wildman–Crippen LogP) is 4.41. The van der Waals surface area contributed by atoms with Crippen LogP contribution in [0.5, 0.6) is 0 Å². The zero-order valence-corrected chi connectivity index (χ0v) is 17.7. The minimum atomic E-state index is -4.79. The summed E-state index contributed by atoms with van der Waals surface area (Å²) in [5, 5.41) is 3.09. The highest BCUT2D eigenvalue weighted by molar-refractivity contribution is 7.92. The number of alkyl halides is 3. The molecule has 1 aromatic heterocycles. The average molecular weight is 451 g/mol. The molecule has 0 fully saturated rings. The van der Waals surface area contributed by atoms with Crippen molar-refractivity contribution in [2.24, 2.45) is 0 Å². The van der Waals surface area contributed by atoms with Gasteiger partial charge in [-0.25, -0.2) is 18.4 Å². The SMILES string of the molecule is Cc1nc(Nc2ccc(NS(=O)(=O)c3ccccc3C(F)(F)F)cc2)cc(N(C)C)n1. The molecule has 31 heavy (non-hydrogen) atoms. The molecule has 3 rings (SSSR count). The molecule has 0 spiro atoms. The zero-order valence-electron chi connectivity index (χ0n) is 16.9. The van der Waals surface area contributed by atoms with Crippen LogP contribution >= 0.6 is 0 Å². The van der Waals surface area contributed by atoms with Crippen LogP contribution in [-0.2, 0) is 16.2 Å². The van der Waals surface area contributed by atoms with Gasteiger partial charge in [-0.05, 0) is 43.3 Å². The van der Waals surface area contributed by atoms with Gasteiger partial charge in [-0.2, -0.15) is 13.2 Å². The van der Waals surface area contributed by atoms with Crippen molar-refractivity contribution in [3.05, 3.63) is 66.0 Å². The lowest BCUT2D eigenvalue weighted by Gasteiger charge is -2.15. The highest BCUT2D eigenvalue weighted by Crippen LogP contribution is 2.34. The van der Waals surface area contributed by atoms with E-state index in [1.165, 1.54) is 18.2 Å². The number of hydrogen-bond acceptors (Lipinski definition) is 6. The van der Waals surface area contributed by atoms with Gasteiger partial charge in [-0.15, -0.1) is 0 Å². The van der Waals surface area contributed by atoms with Crippen molar-refractivity contribution in [1.82, 2.24) is 9.97 Å². The summed E-state index contributed by atoms with van der Waals surface area (Å²) in [5.41, 5.74) is -0.492. The first-order valence-corrected chi connectivity index (χ1v) is 10.5. The maximum atomic E-state index is 13.2. The molecule has 2 N–H and O–H groups in total. The monoisotopic (exact) mass is 451 g/mol. The third-order valence-corrected chi connectivity index (χ3v) is 5.61. The van der Waals surface area contributed by atoms with Gasteiger partial charge in [0.25, 0.3) is 10.0 Å². The van der Waals surface area contributed by atoms with E-state index in [4.69, 9.17) is 0 Å². The molecule has 164 valence electrons. The largest absolute Gasteiger partial charge is 0.417 e. The fraction of sp³-hybridized carbons (Fsp3) is 0.200. The Labute approximate surface area is 178 Å². The quantitative estimate of drug-likeness (QED) is 0.577. The number of hydrogen-bond donors (Lipinski definition) is 2. The van der Waals surface area contributed by atoms with E-state index in [-0.39, 0.29) is 5.69 Å². The number of nitrogens with one attached hydrogen (secondary N) is 2. The lowest BCUT2D eigenvalue weighted by molar-refractivity contribution is -0.139. The Balaban J connectivity index is 1.80. The molecule has 0 saturated heterocycles. The number of aromatic nitrogens is 2. The van der Waals surface area contributed by atoms with Crippen molar-refractivity contribution in [1.29, 1.82) is 0 Å². The molecule has 0 aliphatic rings. The summed E-state index contributed by atoms with van der Waals surface area (Å²) in [4.78, 5) is 9.59. The van der Waals surface area contributed by atoms with Gasteiger partial charge in [-0.1, -0.05) is 12.1 Å². The van der Waals surface area contributed by atoms with Crippen molar-refractivity contribution in [3.8, 4) is 0 Å². The topological polar surface area (TPSA) is 87.2 Å². The number of sulfonamides is 1. The second kappa shape index (κ2) is 8.42. The van der Waals surface area contributed by atoms with Gasteiger partial charge in [0.2, 0.25) is 0 Å². The number of rotatable bonds is 6. The Morgan fingerprint density at radius 3 is 2.16 bits per heavy atom. The van der Waals surface area contributed by atoms with Gasteiger partial charge >= 0.3 is 6.18 Å². The van der Waals surface area contributed by atoms with E-state index in [0.717, 1.165) is 18.2 Å². The van der Waals surface area contributed by atoms with E-state index in [1.807, 2.05) is 19.0 Å². The number of nitrogens with zero attached hydrogens (tertiary/aromatic N) is 3. The van der Waals surface area contributed by atoms with Gasteiger partial charge in [0.05, 0.1) is 10.5 Å². The summed E-state index contributed by atoms with van der Waals surface area (Å²) in [6.45, 7) is 1.76. The third kappa shape index (κ3) is 5.43. The molecule has 0 bridgehead atoms. The first-order valence-electron chi connectivity index (χ1n) is 9.05. The van der Waals surface area contributed by atoms with Crippen molar-refractivity contribution < 1.29 is 21.6 Å². The lowest BCUT2D eigenvalue weighted by atomic mass is 10.2. The molecule has 2 aromatic carbocycles. The lowest BCUT2D eigenvalue weighted by Crippen LogP contribution is -2.18. The van der Waals surface area contributed by atoms with Crippen LogP contribution in [0.15, 0.2) is 59.5 Å². The third-order valence-electron chi connectivity index (χ3n) is 4.17. The molecule has 0 atom stereocenters. The fourth-order valence-corrected chi connectivity index (χ4v) is 4.05. The van der Waals surface area contributed by atoms with E-state index in [9.17, 15) is 21.6 Å². The van der Waals surface area contributed by atoms with Gasteiger partial charge in [0.15, 0.2) is 0 Å². The zero-order chi connectivity index (χ0) is 22.8. The number of anilines is 4. The molecule has 0 amide bonds. The van der Waals surface area contributed by atoms with E-state index in [2.05, 4.69) is 20.0 Å². The molecule has 0 aliphatic carbocycles. The van der Waals surface area contributed by atoms with E-state index < -0.39 is 26.7 Å². The first-order chi connectivity index (χ1) is 14.5. The van der Waals surface area contributed by atoms with Crippen molar-refractivity contribution in [3.63, 3.8) is 0 Å². The number of halogens is 3. The molecule has 11 heteroatoms. The summed E-state index contributed by atoms with van der Waals surface area (Å²) in [5.74, 6) is 1.83. The maximum absolute atomic E-state index is 13.2. The molecular formula is C20H20F3N5O2S. The van der Waals surface area contributed by atoms with Gasteiger partial charge in [0, 0.05) is 31.5 Å². The first kappa shape index (κ1) is 22.3. The summed E-state index contributed by atoms with van der Waals surface area (Å²) < 4.78 is 66.8. The second-order valence-corrected chi connectivity index (χ2v) is 8.51. The van der Waals surface area contributed by atoms with Crippen LogP contribution in [0.25, 0.3) is 0 Å². The predicted molar refractivity (Wildman–Crippen MR) is 113 cm³/mol. The van der Waals surface area contributed by atoms with Crippen LogP contribution in [0.2, 0.25) is 0 Å². The summed E-state index contributed by atoms with van der Waals surface area (Å²) >= 11 is 0. The molecule has 0 aliphatic heterocycles. The van der Waals surface area contributed by atoms with Crippen LogP contribution in [0, 0.1) is 6.92 Å². The number of aryl methyl sites for hydroxylation is 1. The molecule has 7 nitrogen and oxygen atoms in total. The normalized spacial score (nSPS) is 11.8. The summed E-state index contributed by atoms with van der Waals surface area (Å²) in [6.07, 6.45) is -4.79. The highest BCUT2D eigenvalue weighted by atomic mass is 32.2. The number of benzene rings is 2. The van der Waals surface area contributed by atoms with Crippen molar-refractivity contribution in [2.75, 3.05) is 29.0 Å². The fourth-order valence-electron chi connectivity index (χ4n) is 2.76. The minimum absolute atomic E-state index is 0.121. The Hall–Kier alpha value is -3.34. The van der Waals surface area contributed by atoms with Crippen LogP contribution in [-0.4, -0.2) is 32.5 Å². The van der Waals surface area contributed by atoms with Crippen molar-refractivity contribution in [2.45, 2.75) is 18.0 Å².